The highest BCUT2D eigenvalue weighted by Crippen LogP contribution is 2.32. The molecule has 1 amide bonds. The first-order valence-corrected chi connectivity index (χ1v) is 11.0. The zero-order valence-corrected chi connectivity index (χ0v) is 17.2. The lowest BCUT2D eigenvalue weighted by Gasteiger charge is -2.44. The Hall–Kier alpha value is -2.34. The highest BCUT2D eigenvalue weighted by Gasteiger charge is 2.35. The average Bonchev–Trinajstić information content (AvgIpc) is 3.15. The maximum absolute atomic E-state index is 11.6. The molecular weight excluding hydrogens is 364 g/mol. The maximum Gasteiger partial charge on any atom is 0.219 e. The van der Waals surface area contributed by atoms with E-state index in [0.29, 0.717) is 12.6 Å². The molecule has 6 heteroatoms. The van der Waals surface area contributed by atoms with Crippen molar-refractivity contribution in [3.05, 3.63) is 35.7 Å². The zero-order chi connectivity index (χ0) is 19.8. The minimum atomic E-state index is 0.117. The minimum Gasteiger partial charge on any atom is -0.490 e. The van der Waals surface area contributed by atoms with Gasteiger partial charge in [0.2, 0.25) is 5.91 Å². The minimum absolute atomic E-state index is 0.117. The molecule has 0 atom stereocenters. The molecule has 0 spiro atoms. The number of hydrogen-bond acceptors (Lipinski definition) is 4. The van der Waals surface area contributed by atoms with Crippen LogP contribution in [-0.2, 0) is 17.8 Å². The lowest BCUT2D eigenvalue weighted by molar-refractivity contribution is -0.129. The second-order valence-corrected chi connectivity index (χ2v) is 8.69. The predicted molar refractivity (Wildman–Crippen MR) is 112 cm³/mol. The normalized spacial score (nSPS) is 24.7. The monoisotopic (exact) mass is 394 g/mol. The van der Waals surface area contributed by atoms with Crippen LogP contribution in [0.3, 0.4) is 0 Å². The molecule has 0 unspecified atom stereocenters. The van der Waals surface area contributed by atoms with Crippen molar-refractivity contribution in [3.63, 3.8) is 0 Å². The lowest BCUT2D eigenvalue weighted by Crippen LogP contribution is -2.50. The van der Waals surface area contributed by atoms with Crippen molar-refractivity contribution < 1.29 is 9.53 Å². The van der Waals surface area contributed by atoms with Crippen molar-refractivity contribution in [2.24, 2.45) is 0 Å². The third-order valence-electron chi connectivity index (χ3n) is 6.68. The van der Waals surface area contributed by atoms with Crippen molar-refractivity contribution >= 4 is 5.91 Å². The number of amides is 1. The largest absolute Gasteiger partial charge is 0.490 e. The van der Waals surface area contributed by atoms with Crippen LogP contribution in [0.2, 0.25) is 0 Å². The SMILES string of the molecule is CC(=O)N1CCc2nc(-c3ccc(OC4CC(N5CCCCC5)C4)cc3)[nH]c2C1. The fourth-order valence-corrected chi connectivity index (χ4v) is 4.80. The van der Waals surface area contributed by atoms with E-state index in [0.717, 1.165) is 60.4 Å². The number of aromatic amines is 1. The van der Waals surface area contributed by atoms with Crippen LogP contribution in [-0.4, -0.2) is 57.5 Å². The number of nitrogens with one attached hydrogen (secondary N) is 1. The molecule has 0 bridgehead atoms. The van der Waals surface area contributed by atoms with E-state index >= 15 is 0 Å². The summed E-state index contributed by atoms with van der Waals surface area (Å²) < 4.78 is 6.18. The summed E-state index contributed by atoms with van der Waals surface area (Å²) in [5.41, 5.74) is 3.19. The molecule has 0 radical (unpaired) electrons. The number of rotatable bonds is 4. The van der Waals surface area contributed by atoms with Crippen LogP contribution in [0.4, 0.5) is 0 Å². The summed E-state index contributed by atoms with van der Waals surface area (Å²) in [6, 6.07) is 8.97. The Labute approximate surface area is 172 Å². The Balaban J connectivity index is 1.18. The number of likely N-dealkylation sites (tertiary alicyclic amines) is 1. The van der Waals surface area contributed by atoms with E-state index in [2.05, 4.69) is 22.0 Å². The third-order valence-corrected chi connectivity index (χ3v) is 6.68. The molecule has 3 heterocycles. The number of ether oxygens (including phenoxy) is 1. The number of fused-ring (bicyclic) bond motifs is 1. The van der Waals surface area contributed by atoms with Gasteiger partial charge >= 0.3 is 0 Å². The van der Waals surface area contributed by atoms with Gasteiger partial charge in [0.1, 0.15) is 17.7 Å². The van der Waals surface area contributed by atoms with Crippen LogP contribution < -0.4 is 4.74 Å². The van der Waals surface area contributed by atoms with Crippen LogP contribution in [0.5, 0.6) is 5.75 Å². The molecule has 29 heavy (non-hydrogen) atoms. The number of imidazole rings is 1. The molecular formula is C23H30N4O2. The van der Waals surface area contributed by atoms with Crippen LogP contribution in [0.1, 0.15) is 50.4 Å². The maximum atomic E-state index is 11.6. The van der Waals surface area contributed by atoms with Gasteiger partial charge < -0.3 is 19.5 Å². The molecule has 5 rings (SSSR count). The number of aromatic nitrogens is 2. The van der Waals surface area contributed by atoms with E-state index in [9.17, 15) is 4.79 Å². The Bertz CT molecular complexity index is 864. The van der Waals surface area contributed by atoms with E-state index in [1.54, 1.807) is 6.92 Å². The molecule has 1 saturated carbocycles. The lowest BCUT2D eigenvalue weighted by atomic mass is 9.86. The number of hydrogen-bond donors (Lipinski definition) is 1. The number of benzene rings is 1. The van der Waals surface area contributed by atoms with Gasteiger partial charge in [-0.25, -0.2) is 4.98 Å². The summed E-state index contributed by atoms with van der Waals surface area (Å²) in [6.45, 7) is 5.53. The first kappa shape index (κ1) is 18.7. The molecule has 2 aliphatic heterocycles. The van der Waals surface area contributed by atoms with Crippen LogP contribution >= 0.6 is 0 Å². The summed E-state index contributed by atoms with van der Waals surface area (Å²) >= 11 is 0. The highest BCUT2D eigenvalue weighted by molar-refractivity contribution is 5.73. The first-order valence-electron chi connectivity index (χ1n) is 11.0. The number of nitrogens with zero attached hydrogens (tertiary/aromatic N) is 3. The van der Waals surface area contributed by atoms with E-state index in [1.165, 1.54) is 32.4 Å². The number of carbonyl (C=O) groups excluding carboxylic acids is 1. The molecule has 2 fully saturated rings. The van der Waals surface area contributed by atoms with Gasteiger partial charge in [-0.1, -0.05) is 6.42 Å². The summed E-state index contributed by atoms with van der Waals surface area (Å²) in [7, 11) is 0. The molecule has 6 nitrogen and oxygen atoms in total. The van der Waals surface area contributed by atoms with E-state index in [1.807, 2.05) is 17.0 Å². The first-order chi connectivity index (χ1) is 14.2. The van der Waals surface area contributed by atoms with Crippen molar-refractivity contribution in [1.29, 1.82) is 0 Å². The fourth-order valence-electron chi connectivity index (χ4n) is 4.80. The van der Waals surface area contributed by atoms with Gasteiger partial charge in [0, 0.05) is 44.3 Å². The van der Waals surface area contributed by atoms with Gasteiger partial charge in [0.25, 0.3) is 0 Å². The van der Waals surface area contributed by atoms with Gasteiger partial charge in [0.15, 0.2) is 0 Å². The van der Waals surface area contributed by atoms with Gasteiger partial charge in [-0.2, -0.15) is 0 Å². The predicted octanol–water partition coefficient (Wildman–Crippen LogP) is 3.38. The van der Waals surface area contributed by atoms with Crippen LogP contribution in [0.15, 0.2) is 24.3 Å². The number of H-pyrrole nitrogens is 1. The third kappa shape index (κ3) is 3.90. The Morgan fingerprint density at radius 1 is 1.10 bits per heavy atom. The fraction of sp³-hybridized carbons (Fsp3) is 0.565. The topological polar surface area (TPSA) is 61.5 Å². The quantitative estimate of drug-likeness (QED) is 0.864. The van der Waals surface area contributed by atoms with E-state index in [-0.39, 0.29) is 5.91 Å². The molecule has 1 N–H and O–H groups in total. The summed E-state index contributed by atoms with van der Waals surface area (Å²) in [5.74, 6) is 1.93. The summed E-state index contributed by atoms with van der Waals surface area (Å²) in [4.78, 5) is 24.3. The van der Waals surface area contributed by atoms with Crippen molar-refractivity contribution in [3.8, 4) is 17.1 Å². The van der Waals surface area contributed by atoms with Gasteiger partial charge in [-0.3, -0.25) is 4.79 Å². The number of piperidine rings is 1. The second kappa shape index (κ2) is 7.82. The smallest absolute Gasteiger partial charge is 0.219 e. The Morgan fingerprint density at radius 3 is 2.59 bits per heavy atom. The highest BCUT2D eigenvalue weighted by atomic mass is 16.5. The standard InChI is InChI=1S/C23H30N4O2/c1-16(28)27-12-9-21-22(15-27)25-23(24-21)17-5-7-19(8-6-17)29-20-13-18(14-20)26-10-3-2-4-11-26/h5-8,18,20H,2-4,9-15H2,1H3,(H,24,25). The molecule has 3 aliphatic rings. The Kier molecular flexibility index (Phi) is 5.04. The van der Waals surface area contributed by atoms with Crippen molar-refractivity contribution in [1.82, 2.24) is 19.8 Å². The second-order valence-electron chi connectivity index (χ2n) is 8.69. The molecule has 1 saturated heterocycles. The van der Waals surface area contributed by atoms with Crippen molar-refractivity contribution in [2.75, 3.05) is 19.6 Å². The average molecular weight is 395 g/mol. The summed E-state index contributed by atoms with van der Waals surface area (Å²) in [6.07, 6.45) is 7.56. The van der Waals surface area contributed by atoms with Gasteiger partial charge in [-0.05, 0) is 50.2 Å². The van der Waals surface area contributed by atoms with E-state index < -0.39 is 0 Å². The Morgan fingerprint density at radius 2 is 1.86 bits per heavy atom. The molecule has 154 valence electrons. The molecule has 1 aromatic heterocycles. The van der Waals surface area contributed by atoms with Crippen LogP contribution in [0.25, 0.3) is 11.4 Å². The molecule has 1 aromatic carbocycles. The molecule has 1 aliphatic carbocycles. The molecule has 2 aromatic rings. The van der Waals surface area contributed by atoms with E-state index in [4.69, 9.17) is 9.72 Å². The zero-order valence-electron chi connectivity index (χ0n) is 17.2. The van der Waals surface area contributed by atoms with Crippen LogP contribution in [0, 0.1) is 0 Å². The van der Waals surface area contributed by atoms with Gasteiger partial charge in [0.05, 0.1) is 17.9 Å². The number of carbonyl (C=O) groups is 1. The van der Waals surface area contributed by atoms with Crippen molar-refractivity contribution in [2.45, 2.75) is 64.1 Å². The summed E-state index contributed by atoms with van der Waals surface area (Å²) in [5, 5.41) is 0. The van der Waals surface area contributed by atoms with Gasteiger partial charge in [-0.15, -0.1) is 0 Å².